The number of nitrogens with zero attached hydrogens (tertiary/aromatic N) is 2. The maximum atomic E-state index is 12.0. The van der Waals surface area contributed by atoms with Crippen molar-refractivity contribution in [2.45, 2.75) is 39.2 Å². The van der Waals surface area contributed by atoms with Gasteiger partial charge in [0, 0.05) is 31.4 Å². The van der Waals surface area contributed by atoms with Gasteiger partial charge in [-0.15, -0.1) is 0 Å². The lowest BCUT2D eigenvalue weighted by Gasteiger charge is -2.28. The Balaban J connectivity index is 2.48. The lowest BCUT2D eigenvalue weighted by atomic mass is 10.1. The zero-order valence-corrected chi connectivity index (χ0v) is 11.4. The van der Waals surface area contributed by atoms with Gasteiger partial charge in [0.25, 0.3) is 0 Å². The predicted molar refractivity (Wildman–Crippen MR) is 71.1 cm³/mol. The van der Waals surface area contributed by atoms with Crippen LogP contribution in [0.3, 0.4) is 0 Å². The van der Waals surface area contributed by atoms with E-state index >= 15 is 0 Å². The average Bonchev–Trinajstić information content (AvgIpc) is 2.33. The quantitative estimate of drug-likeness (QED) is 0.835. The number of aromatic nitrogens is 1. The number of pyridine rings is 1. The molecular formula is C14H22N2O2. The zero-order chi connectivity index (χ0) is 13.6. The fourth-order valence-corrected chi connectivity index (χ4v) is 1.78. The molecule has 0 unspecified atom stereocenters. The molecule has 1 amide bonds. The largest absolute Gasteiger partial charge is 0.389 e. The molecule has 1 heterocycles. The Bertz CT molecular complexity index is 371. The molecule has 0 saturated carbocycles. The number of carbonyl (C=O) groups excluding carboxylic acids is 1. The molecule has 4 heteroatoms. The molecule has 100 valence electrons. The van der Waals surface area contributed by atoms with Crippen LogP contribution in [0.25, 0.3) is 0 Å². The van der Waals surface area contributed by atoms with E-state index < -0.39 is 5.60 Å². The Morgan fingerprint density at radius 3 is 2.67 bits per heavy atom. The van der Waals surface area contributed by atoms with Gasteiger partial charge in [0.2, 0.25) is 5.91 Å². The minimum absolute atomic E-state index is 0.0604. The van der Waals surface area contributed by atoms with Gasteiger partial charge in [-0.1, -0.05) is 6.07 Å². The Hall–Kier alpha value is -1.42. The van der Waals surface area contributed by atoms with Gasteiger partial charge < -0.3 is 10.0 Å². The van der Waals surface area contributed by atoms with Crippen LogP contribution < -0.4 is 0 Å². The first-order valence-electron chi connectivity index (χ1n) is 6.32. The van der Waals surface area contributed by atoms with E-state index in [1.165, 1.54) is 0 Å². The summed E-state index contributed by atoms with van der Waals surface area (Å²) in [5.41, 5.74) is 0.0709. The van der Waals surface area contributed by atoms with E-state index in [4.69, 9.17) is 0 Å². The standard InChI is InChI=1S/C14H22N2O2/c1-4-16(11-14(2,3)18)13(17)9-8-12-7-5-6-10-15-12/h5-7,10,18H,4,8-9,11H2,1-3H3. The highest BCUT2D eigenvalue weighted by molar-refractivity contribution is 5.76. The number of likely N-dealkylation sites (N-methyl/N-ethyl adjacent to an activating group) is 1. The first-order valence-corrected chi connectivity index (χ1v) is 6.32. The molecule has 4 nitrogen and oxygen atoms in total. The second kappa shape index (κ2) is 6.50. The van der Waals surface area contributed by atoms with Gasteiger partial charge in [0.15, 0.2) is 0 Å². The summed E-state index contributed by atoms with van der Waals surface area (Å²) >= 11 is 0. The summed E-state index contributed by atoms with van der Waals surface area (Å²) in [7, 11) is 0. The van der Waals surface area contributed by atoms with Crippen molar-refractivity contribution >= 4 is 5.91 Å². The third kappa shape index (κ3) is 5.27. The van der Waals surface area contributed by atoms with Gasteiger partial charge in [-0.25, -0.2) is 0 Å². The second-order valence-corrected chi connectivity index (χ2v) is 5.04. The molecular weight excluding hydrogens is 228 g/mol. The van der Waals surface area contributed by atoms with Crippen molar-refractivity contribution in [2.24, 2.45) is 0 Å². The number of hydrogen-bond donors (Lipinski definition) is 1. The number of hydrogen-bond acceptors (Lipinski definition) is 3. The van der Waals surface area contributed by atoms with Gasteiger partial charge in [0.05, 0.1) is 5.60 Å². The molecule has 0 saturated heterocycles. The van der Waals surface area contributed by atoms with Crippen molar-refractivity contribution in [1.29, 1.82) is 0 Å². The van der Waals surface area contributed by atoms with Crippen molar-refractivity contribution < 1.29 is 9.90 Å². The average molecular weight is 250 g/mol. The molecule has 0 atom stereocenters. The van der Waals surface area contributed by atoms with Crippen LogP contribution in [0.2, 0.25) is 0 Å². The Kier molecular flexibility index (Phi) is 5.28. The monoisotopic (exact) mass is 250 g/mol. The van der Waals surface area contributed by atoms with Gasteiger partial charge in [-0.05, 0) is 39.3 Å². The second-order valence-electron chi connectivity index (χ2n) is 5.04. The van der Waals surface area contributed by atoms with Crippen LogP contribution in [-0.2, 0) is 11.2 Å². The number of carbonyl (C=O) groups is 1. The number of amides is 1. The summed E-state index contributed by atoms with van der Waals surface area (Å²) in [4.78, 5) is 17.9. The number of aryl methyl sites for hydroxylation is 1. The van der Waals surface area contributed by atoms with Crippen LogP contribution >= 0.6 is 0 Å². The molecule has 0 bridgehead atoms. The molecule has 0 radical (unpaired) electrons. The summed E-state index contributed by atoms with van der Waals surface area (Å²) in [5, 5.41) is 9.75. The van der Waals surface area contributed by atoms with Gasteiger partial charge in [0.1, 0.15) is 0 Å². The highest BCUT2D eigenvalue weighted by Gasteiger charge is 2.20. The first kappa shape index (κ1) is 14.6. The smallest absolute Gasteiger partial charge is 0.223 e. The third-order valence-electron chi connectivity index (χ3n) is 2.63. The van der Waals surface area contributed by atoms with Crippen molar-refractivity contribution in [3.8, 4) is 0 Å². The Morgan fingerprint density at radius 2 is 2.17 bits per heavy atom. The normalized spacial score (nSPS) is 11.3. The summed E-state index contributed by atoms with van der Waals surface area (Å²) in [5.74, 6) is 0.0604. The molecule has 1 rings (SSSR count). The molecule has 0 fully saturated rings. The lowest BCUT2D eigenvalue weighted by Crippen LogP contribution is -2.42. The van der Waals surface area contributed by atoms with Gasteiger partial charge in [-0.3, -0.25) is 9.78 Å². The van der Waals surface area contributed by atoms with E-state index in [1.807, 2.05) is 25.1 Å². The molecule has 0 aliphatic heterocycles. The van der Waals surface area contributed by atoms with E-state index in [0.29, 0.717) is 25.9 Å². The molecule has 0 aliphatic carbocycles. The van der Waals surface area contributed by atoms with Crippen LogP contribution in [0.4, 0.5) is 0 Å². The molecule has 1 N–H and O–H groups in total. The van der Waals surface area contributed by atoms with E-state index in [0.717, 1.165) is 5.69 Å². The summed E-state index contributed by atoms with van der Waals surface area (Å²) in [6, 6.07) is 5.69. The molecule has 0 aliphatic rings. The maximum Gasteiger partial charge on any atom is 0.223 e. The van der Waals surface area contributed by atoms with E-state index in [2.05, 4.69) is 4.98 Å². The van der Waals surface area contributed by atoms with Crippen molar-refractivity contribution in [1.82, 2.24) is 9.88 Å². The minimum atomic E-state index is -0.851. The highest BCUT2D eigenvalue weighted by atomic mass is 16.3. The number of rotatable bonds is 6. The van der Waals surface area contributed by atoms with Gasteiger partial charge in [-0.2, -0.15) is 0 Å². The topological polar surface area (TPSA) is 53.4 Å². The van der Waals surface area contributed by atoms with E-state index in [-0.39, 0.29) is 5.91 Å². The Morgan fingerprint density at radius 1 is 1.44 bits per heavy atom. The van der Waals surface area contributed by atoms with E-state index in [1.54, 1.807) is 24.9 Å². The third-order valence-corrected chi connectivity index (χ3v) is 2.63. The SMILES string of the molecule is CCN(CC(C)(C)O)C(=O)CCc1ccccn1. The highest BCUT2D eigenvalue weighted by Crippen LogP contribution is 2.08. The zero-order valence-electron chi connectivity index (χ0n) is 11.4. The van der Waals surface area contributed by atoms with Crippen LogP contribution in [0.1, 0.15) is 32.9 Å². The van der Waals surface area contributed by atoms with E-state index in [9.17, 15) is 9.90 Å². The summed E-state index contributed by atoms with van der Waals surface area (Å²) in [6.45, 7) is 6.32. The predicted octanol–water partition coefficient (Wildman–Crippen LogP) is 1.63. The fraction of sp³-hybridized carbons (Fsp3) is 0.571. The Labute approximate surface area is 109 Å². The van der Waals surface area contributed by atoms with Crippen LogP contribution in [0, 0.1) is 0 Å². The maximum absolute atomic E-state index is 12.0. The summed E-state index contributed by atoms with van der Waals surface area (Å²) < 4.78 is 0. The van der Waals surface area contributed by atoms with Crippen molar-refractivity contribution in [3.63, 3.8) is 0 Å². The van der Waals surface area contributed by atoms with Crippen molar-refractivity contribution in [3.05, 3.63) is 30.1 Å². The van der Waals surface area contributed by atoms with Crippen LogP contribution in [-0.4, -0.2) is 39.6 Å². The van der Waals surface area contributed by atoms with Crippen LogP contribution in [0.5, 0.6) is 0 Å². The minimum Gasteiger partial charge on any atom is -0.389 e. The van der Waals surface area contributed by atoms with Gasteiger partial charge >= 0.3 is 0 Å². The fourth-order valence-electron chi connectivity index (χ4n) is 1.78. The molecule has 1 aromatic heterocycles. The van der Waals surface area contributed by atoms with Crippen molar-refractivity contribution in [2.75, 3.05) is 13.1 Å². The summed E-state index contributed by atoms with van der Waals surface area (Å²) in [6.07, 6.45) is 2.80. The molecule has 1 aromatic rings. The van der Waals surface area contributed by atoms with Crippen LogP contribution in [0.15, 0.2) is 24.4 Å². The first-order chi connectivity index (χ1) is 8.42. The molecule has 0 spiro atoms. The number of aliphatic hydroxyl groups is 1. The molecule has 0 aromatic carbocycles. The molecule has 18 heavy (non-hydrogen) atoms. The lowest BCUT2D eigenvalue weighted by molar-refractivity contribution is -0.133.